The van der Waals surface area contributed by atoms with Crippen molar-refractivity contribution in [2.75, 3.05) is 11.9 Å². The van der Waals surface area contributed by atoms with E-state index in [2.05, 4.69) is 17.2 Å². The van der Waals surface area contributed by atoms with Gasteiger partial charge in [-0.25, -0.2) is 4.39 Å². The first-order valence-electron chi connectivity index (χ1n) is 5.82. The number of hydrogen-bond donors (Lipinski definition) is 2. The molecule has 1 saturated carbocycles. The number of amides is 1. The van der Waals surface area contributed by atoms with Crippen LogP contribution in [0.5, 0.6) is 0 Å². The largest absolute Gasteiger partial charge is 0.384 e. The van der Waals surface area contributed by atoms with Gasteiger partial charge in [-0.2, -0.15) is 0 Å². The summed E-state index contributed by atoms with van der Waals surface area (Å²) in [5, 5.41) is 11.1. The van der Waals surface area contributed by atoms with Crippen LogP contribution in [0.2, 0.25) is 0 Å². The number of aliphatic hydroxyl groups is 1. The molecular weight excluding hydrogens is 233 g/mol. The molecule has 0 aliphatic heterocycles. The second kappa shape index (κ2) is 5.19. The summed E-state index contributed by atoms with van der Waals surface area (Å²) in [6, 6.07) is 4.34. The van der Waals surface area contributed by atoms with Crippen LogP contribution in [0.1, 0.15) is 18.9 Å². The van der Waals surface area contributed by atoms with Crippen molar-refractivity contribution in [3.05, 3.63) is 29.6 Å². The zero-order valence-electron chi connectivity index (χ0n) is 10.0. The number of nitrogens with one attached hydrogen (secondary N) is 1. The summed E-state index contributed by atoms with van der Waals surface area (Å²) in [5.41, 5.74) is 0.646. The van der Waals surface area contributed by atoms with E-state index in [0.717, 1.165) is 6.42 Å². The number of anilines is 1. The number of carbonyl (C=O) groups excluding carboxylic acids is 1. The van der Waals surface area contributed by atoms with Crippen molar-refractivity contribution in [2.45, 2.75) is 13.3 Å². The Labute approximate surface area is 105 Å². The van der Waals surface area contributed by atoms with Gasteiger partial charge >= 0.3 is 0 Å². The predicted octanol–water partition coefficient (Wildman–Crippen LogP) is 1.76. The highest BCUT2D eigenvalue weighted by Gasteiger charge is 2.39. The lowest BCUT2D eigenvalue weighted by Crippen LogP contribution is -2.15. The summed E-state index contributed by atoms with van der Waals surface area (Å²) < 4.78 is 13.7. The van der Waals surface area contributed by atoms with Gasteiger partial charge in [0.2, 0.25) is 5.91 Å². The molecule has 1 amide bonds. The summed E-state index contributed by atoms with van der Waals surface area (Å²) in [6.45, 7) is 1.73. The van der Waals surface area contributed by atoms with Crippen molar-refractivity contribution in [3.8, 4) is 11.8 Å². The van der Waals surface area contributed by atoms with Crippen LogP contribution in [0, 0.1) is 29.5 Å². The average Bonchev–Trinajstić information content (AvgIpc) is 3.07. The minimum Gasteiger partial charge on any atom is -0.384 e. The van der Waals surface area contributed by atoms with Crippen molar-refractivity contribution >= 4 is 11.6 Å². The van der Waals surface area contributed by atoms with E-state index < -0.39 is 5.82 Å². The molecule has 3 nitrogen and oxygen atoms in total. The molecule has 0 bridgehead atoms. The summed E-state index contributed by atoms with van der Waals surface area (Å²) in [7, 11) is 0. The highest BCUT2D eigenvalue weighted by atomic mass is 19.1. The Morgan fingerprint density at radius 3 is 2.89 bits per heavy atom. The van der Waals surface area contributed by atoms with Gasteiger partial charge in [0.1, 0.15) is 12.4 Å². The van der Waals surface area contributed by atoms with Crippen molar-refractivity contribution in [1.82, 2.24) is 0 Å². The fourth-order valence-corrected chi connectivity index (χ4v) is 1.75. The first-order chi connectivity index (χ1) is 8.61. The van der Waals surface area contributed by atoms with Gasteiger partial charge in [0.15, 0.2) is 0 Å². The van der Waals surface area contributed by atoms with E-state index in [9.17, 15) is 9.18 Å². The lowest BCUT2D eigenvalue weighted by molar-refractivity contribution is -0.117. The van der Waals surface area contributed by atoms with E-state index in [1.165, 1.54) is 12.1 Å². The lowest BCUT2D eigenvalue weighted by atomic mass is 10.2. The van der Waals surface area contributed by atoms with E-state index in [1.54, 1.807) is 6.07 Å². The van der Waals surface area contributed by atoms with Crippen molar-refractivity contribution in [2.24, 2.45) is 11.8 Å². The molecular formula is C14H14FNO2. The molecule has 0 saturated heterocycles. The third-order valence-electron chi connectivity index (χ3n) is 2.98. The Morgan fingerprint density at radius 2 is 2.33 bits per heavy atom. The van der Waals surface area contributed by atoms with Crippen LogP contribution < -0.4 is 5.32 Å². The van der Waals surface area contributed by atoms with Crippen LogP contribution in [0.3, 0.4) is 0 Å². The first-order valence-corrected chi connectivity index (χ1v) is 5.82. The van der Waals surface area contributed by atoms with E-state index in [-0.39, 0.29) is 24.1 Å². The van der Waals surface area contributed by atoms with Crippen LogP contribution in [-0.2, 0) is 4.79 Å². The van der Waals surface area contributed by atoms with Gasteiger partial charge in [-0.1, -0.05) is 18.8 Å². The number of hydrogen-bond acceptors (Lipinski definition) is 2. The van der Waals surface area contributed by atoms with Crippen LogP contribution in [-0.4, -0.2) is 17.6 Å². The van der Waals surface area contributed by atoms with Gasteiger partial charge < -0.3 is 10.4 Å². The highest BCUT2D eigenvalue weighted by molar-refractivity contribution is 5.94. The fourth-order valence-electron chi connectivity index (χ4n) is 1.75. The Kier molecular flexibility index (Phi) is 3.63. The number of aliphatic hydroxyl groups excluding tert-OH is 1. The third kappa shape index (κ3) is 2.88. The third-order valence-corrected chi connectivity index (χ3v) is 2.98. The van der Waals surface area contributed by atoms with E-state index in [0.29, 0.717) is 11.5 Å². The molecule has 1 aliphatic carbocycles. The van der Waals surface area contributed by atoms with Crippen LogP contribution in [0.4, 0.5) is 10.1 Å². The first kappa shape index (κ1) is 12.6. The summed E-state index contributed by atoms with van der Waals surface area (Å²) in [4.78, 5) is 11.7. The number of rotatable bonds is 2. The van der Waals surface area contributed by atoms with Crippen molar-refractivity contribution in [1.29, 1.82) is 0 Å². The Bertz CT molecular complexity index is 530. The molecule has 1 aromatic rings. The molecule has 1 aromatic carbocycles. The number of halogens is 1. The molecule has 1 fully saturated rings. The normalized spacial score (nSPS) is 20.8. The molecule has 94 valence electrons. The summed E-state index contributed by atoms with van der Waals surface area (Å²) in [6.07, 6.45) is 0.869. The van der Waals surface area contributed by atoms with E-state index in [1.807, 2.05) is 6.92 Å². The SMILES string of the molecule is CC1CC1C(=O)Nc1ccc(C#CCO)cc1F. The molecule has 2 rings (SSSR count). The molecule has 2 atom stereocenters. The van der Waals surface area contributed by atoms with Gasteiger partial charge in [0.05, 0.1) is 5.69 Å². The van der Waals surface area contributed by atoms with Crippen LogP contribution >= 0.6 is 0 Å². The maximum absolute atomic E-state index is 13.7. The number of benzene rings is 1. The molecule has 0 aromatic heterocycles. The molecule has 0 heterocycles. The van der Waals surface area contributed by atoms with Crippen LogP contribution in [0.25, 0.3) is 0 Å². The minimum absolute atomic E-state index is 0.0123. The summed E-state index contributed by atoms with van der Waals surface area (Å²) in [5.74, 6) is 4.80. The zero-order valence-corrected chi connectivity index (χ0v) is 10.0. The maximum Gasteiger partial charge on any atom is 0.227 e. The molecule has 2 unspecified atom stereocenters. The van der Waals surface area contributed by atoms with Gasteiger partial charge in [-0.05, 0) is 30.5 Å². The van der Waals surface area contributed by atoms with Gasteiger partial charge in [0.25, 0.3) is 0 Å². The highest BCUT2D eigenvalue weighted by Crippen LogP contribution is 2.38. The number of carbonyl (C=O) groups is 1. The quantitative estimate of drug-likeness (QED) is 0.782. The molecule has 2 N–H and O–H groups in total. The zero-order chi connectivity index (χ0) is 13.1. The molecule has 1 aliphatic rings. The van der Waals surface area contributed by atoms with Crippen molar-refractivity contribution in [3.63, 3.8) is 0 Å². The lowest BCUT2D eigenvalue weighted by Gasteiger charge is -2.06. The monoisotopic (exact) mass is 247 g/mol. The Hall–Kier alpha value is -1.86. The predicted molar refractivity (Wildman–Crippen MR) is 66.3 cm³/mol. The van der Waals surface area contributed by atoms with Gasteiger partial charge in [0, 0.05) is 11.5 Å². The fraction of sp³-hybridized carbons (Fsp3) is 0.357. The van der Waals surface area contributed by atoms with Crippen molar-refractivity contribution < 1.29 is 14.3 Å². The molecule has 0 spiro atoms. The summed E-state index contributed by atoms with van der Waals surface area (Å²) >= 11 is 0. The second-order valence-corrected chi connectivity index (χ2v) is 4.46. The Balaban J connectivity index is 2.07. The average molecular weight is 247 g/mol. The molecule has 0 radical (unpaired) electrons. The maximum atomic E-state index is 13.7. The van der Waals surface area contributed by atoms with E-state index >= 15 is 0 Å². The van der Waals surface area contributed by atoms with E-state index in [4.69, 9.17) is 5.11 Å². The minimum atomic E-state index is -0.513. The molecule has 18 heavy (non-hydrogen) atoms. The molecule has 4 heteroatoms. The smallest absolute Gasteiger partial charge is 0.227 e. The standard InChI is InChI=1S/C14H14FNO2/c1-9-7-11(9)14(18)16-13-5-4-10(3-2-6-17)8-12(13)15/h4-5,8-9,11,17H,6-7H2,1H3,(H,16,18). The Morgan fingerprint density at radius 1 is 1.61 bits per heavy atom. The van der Waals surface area contributed by atoms with Gasteiger partial charge in [-0.15, -0.1) is 0 Å². The topological polar surface area (TPSA) is 49.3 Å². The van der Waals surface area contributed by atoms with Crippen LogP contribution in [0.15, 0.2) is 18.2 Å². The van der Waals surface area contributed by atoms with Gasteiger partial charge in [-0.3, -0.25) is 4.79 Å². The second-order valence-electron chi connectivity index (χ2n) is 4.46.